The molecule has 1 amide bonds. The maximum atomic E-state index is 12.3. The van der Waals surface area contributed by atoms with E-state index in [0.29, 0.717) is 10.7 Å². The molecular weight excluding hydrogens is 368 g/mol. The number of rotatable bonds is 6. The van der Waals surface area contributed by atoms with Crippen LogP contribution in [0.1, 0.15) is 17.3 Å². The van der Waals surface area contributed by atoms with Crippen molar-refractivity contribution < 1.29 is 22.7 Å². The van der Waals surface area contributed by atoms with Gasteiger partial charge in [-0.1, -0.05) is 11.6 Å². The van der Waals surface area contributed by atoms with Crippen LogP contribution in [0.5, 0.6) is 0 Å². The number of ether oxygens (including phenoxy) is 1. The van der Waals surface area contributed by atoms with Crippen LogP contribution in [0.2, 0.25) is 5.02 Å². The maximum Gasteiger partial charge on any atom is 0.338 e. The molecular formula is C16H15ClN2O5S. The average molecular weight is 383 g/mol. The van der Waals surface area contributed by atoms with Gasteiger partial charge in [0.1, 0.15) is 0 Å². The molecule has 0 saturated carbocycles. The fourth-order valence-electron chi connectivity index (χ4n) is 1.79. The minimum absolute atomic E-state index is 0.0399. The lowest BCUT2D eigenvalue weighted by molar-refractivity contribution is -0.125. The lowest BCUT2D eigenvalue weighted by atomic mass is 10.2. The Morgan fingerprint density at radius 3 is 2.16 bits per heavy atom. The number of carbonyl (C=O) groups excluding carboxylic acids is 2. The molecule has 0 aliphatic heterocycles. The molecule has 7 nitrogen and oxygen atoms in total. The highest BCUT2D eigenvalue weighted by molar-refractivity contribution is 7.92. The molecule has 0 radical (unpaired) electrons. The van der Waals surface area contributed by atoms with Crippen molar-refractivity contribution >= 4 is 39.2 Å². The highest BCUT2D eigenvalue weighted by atomic mass is 35.5. The molecule has 3 N–H and O–H groups in total. The van der Waals surface area contributed by atoms with Crippen LogP contribution in [-0.4, -0.2) is 26.4 Å². The standard InChI is InChI=1S/C16H15ClN2O5S/c1-10(15(18)20)24-16(21)11-2-8-14(9-3-11)25(22,23)19-13-6-4-12(17)5-7-13/h2-10,19H,1H3,(H2,18,20)/t10-/m0/s1. The van der Waals surface area contributed by atoms with E-state index in [0.717, 1.165) is 0 Å². The number of sulfonamides is 1. The fourth-order valence-corrected chi connectivity index (χ4v) is 2.97. The predicted octanol–water partition coefficient (Wildman–Crippen LogP) is 2.17. The smallest absolute Gasteiger partial charge is 0.338 e. The Balaban J connectivity index is 2.14. The summed E-state index contributed by atoms with van der Waals surface area (Å²) in [7, 11) is -3.82. The van der Waals surface area contributed by atoms with Gasteiger partial charge in [-0.2, -0.15) is 0 Å². The van der Waals surface area contributed by atoms with E-state index in [1.54, 1.807) is 12.1 Å². The van der Waals surface area contributed by atoms with Gasteiger partial charge in [0.15, 0.2) is 6.10 Å². The van der Waals surface area contributed by atoms with Gasteiger partial charge in [0.25, 0.3) is 15.9 Å². The van der Waals surface area contributed by atoms with Crippen molar-refractivity contribution in [3.05, 3.63) is 59.1 Å². The molecule has 0 aliphatic rings. The summed E-state index contributed by atoms with van der Waals surface area (Å²) in [5.41, 5.74) is 5.46. The molecule has 0 bridgehead atoms. The Morgan fingerprint density at radius 1 is 1.08 bits per heavy atom. The van der Waals surface area contributed by atoms with Gasteiger partial charge in [-0.25, -0.2) is 13.2 Å². The van der Waals surface area contributed by atoms with Gasteiger partial charge < -0.3 is 10.5 Å². The largest absolute Gasteiger partial charge is 0.449 e. The number of benzene rings is 2. The van der Waals surface area contributed by atoms with Crippen LogP contribution >= 0.6 is 11.6 Å². The van der Waals surface area contributed by atoms with E-state index in [1.807, 2.05) is 0 Å². The second kappa shape index (κ2) is 7.54. The number of esters is 1. The summed E-state index contributed by atoms with van der Waals surface area (Å²) in [4.78, 5) is 22.7. The zero-order valence-corrected chi connectivity index (χ0v) is 14.7. The number of hydrogen-bond acceptors (Lipinski definition) is 5. The number of amides is 1. The van der Waals surface area contributed by atoms with E-state index in [-0.39, 0.29) is 10.5 Å². The van der Waals surface area contributed by atoms with Crippen LogP contribution in [0.15, 0.2) is 53.4 Å². The molecule has 0 aliphatic carbocycles. The molecule has 2 aromatic carbocycles. The zero-order valence-electron chi connectivity index (χ0n) is 13.1. The third-order valence-electron chi connectivity index (χ3n) is 3.18. The van der Waals surface area contributed by atoms with Crippen molar-refractivity contribution in [2.45, 2.75) is 17.9 Å². The summed E-state index contributed by atoms with van der Waals surface area (Å²) in [5.74, 6) is -1.55. The van der Waals surface area contributed by atoms with Gasteiger partial charge in [0.2, 0.25) is 0 Å². The first kappa shape index (κ1) is 18.8. The Morgan fingerprint density at radius 2 is 1.64 bits per heavy atom. The second-order valence-electron chi connectivity index (χ2n) is 5.09. The first-order chi connectivity index (χ1) is 11.7. The van der Waals surface area contributed by atoms with Crippen LogP contribution in [0.3, 0.4) is 0 Å². The van der Waals surface area contributed by atoms with Gasteiger partial charge in [0, 0.05) is 10.7 Å². The Kier molecular flexibility index (Phi) is 5.66. The number of nitrogens with two attached hydrogens (primary N) is 1. The van der Waals surface area contributed by atoms with Gasteiger partial charge in [-0.15, -0.1) is 0 Å². The highest BCUT2D eigenvalue weighted by Gasteiger charge is 2.18. The highest BCUT2D eigenvalue weighted by Crippen LogP contribution is 2.19. The van der Waals surface area contributed by atoms with Crippen molar-refractivity contribution in [1.82, 2.24) is 0 Å². The summed E-state index contributed by atoms with van der Waals surface area (Å²) in [6.45, 7) is 1.34. The average Bonchev–Trinajstić information content (AvgIpc) is 2.56. The molecule has 1 atom stereocenters. The number of anilines is 1. The number of halogens is 1. The van der Waals surface area contributed by atoms with E-state index < -0.39 is 28.0 Å². The Hall–Kier alpha value is -2.58. The van der Waals surface area contributed by atoms with E-state index in [2.05, 4.69) is 4.72 Å². The SMILES string of the molecule is C[C@H](OC(=O)c1ccc(S(=O)(=O)Nc2ccc(Cl)cc2)cc1)C(N)=O. The lowest BCUT2D eigenvalue weighted by Crippen LogP contribution is -2.30. The first-order valence-corrected chi connectivity index (χ1v) is 8.94. The quantitative estimate of drug-likeness (QED) is 0.743. The molecule has 0 spiro atoms. The molecule has 2 aromatic rings. The predicted molar refractivity (Wildman–Crippen MR) is 92.8 cm³/mol. The maximum absolute atomic E-state index is 12.3. The Labute approximate surface area is 149 Å². The molecule has 0 fully saturated rings. The number of nitrogens with one attached hydrogen (secondary N) is 1. The van der Waals surface area contributed by atoms with Gasteiger partial charge in [-0.05, 0) is 55.5 Å². The summed E-state index contributed by atoms with van der Waals surface area (Å²) >= 11 is 5.75. The summed E-state index contributed by atoms with van der Waals surface area (Å²) in [5, 5.41) is 0.482. The van der Waals surface area contributed by atoms with Crippen molar-refractivity contribution in [2.75, 3.05) is 4.72 Å². The monoisotopic (exact) mass is 382 g/mol. The lowest BCUT2D eigenvalue weighted by Gasteiger charge is -2.11. The second-order valence-corrected chi connectivity index (χ2v) is 7.21. The van der Waals surface area contributed by atoms with Crippen LogP contribution in [0.25, 0.3) is 0 Å². The van der Waals surface area contributed by atoms with Crippen LogP contribution in [0.4, 0.5) is 5.69 Å². The molecule has 9 heteroatoms. The van der Waals surface area contributed by atoms with E-state index in [4.69, 9.17) is 22.1 Å². The van der Waals surface area contributed by atoms with E-state index in [1.165, 1.54) is 43.3 Å². The van der Waals surface area contributed by atoms with Crippen LogP contribution in [-0.2, 0) is 19.6 Å². The van der Waals surface area contributed by atoms with Crippen LogP contribution < -0.4 is 10.5 Å². The zero-order chi connectivity index (χ0) is 18.6. The number of carbonyl (C=O) groups is 2. The van der Waals surface area contributed by atoms with Crippen molar-refractivity contribution in [3.8, 4) is 0 Å². The third-order valence-corrected chi connectivity index (χ3v) is 4.83. The number of primary amides is 1. The number of hydrogen-bond donors (Lipinski definition) is 2. The molecule has 0 aromatic heterocycles. The van der Waals surface area contributed by atoms with Gasteiger partial charge in [-0.3, -0.25) is 9.52 Å². The molecule has 0 heterocycles. The summed E-state index contributed by atoms with van der Waals surface area (Å²) in [6.07, 6.45) is -1.08. The summed E-state index contributed by atoms with van der Waals surface area (Å²) in [6, 6.07) is 11.2. The molecule has 2 rings (SSSR count). The van der Waals surface area contributed by atoms with E-state index >= 15 is 0 Å². The minimum atomic E-state index is -3.82. The fraction of sp³-hybridized carbons (Fsp3) is 0.125. The Bertz CT molecular complexity index is 880. The van der Waals surface area contributed by atoms with Gasteiger partial charge >= 0.3 is 5.97 Å². The first-order valence-electron chi connectivity index (χ1n) is 7.08. The van der Waals surface area contributed by atoms with Crippen LogP contribution in [0, 0.1) is 0 Å². The van der Waals surface area contributed by atoms with Crippen molar-refractivity contribution in [2.24, 2.45) is 5.73 Å². The van der Waals surface area contributed by atoms with E-state index in [9.17, 15) is 18.0 Å². The molecule has 132 valence electrons. The summed E-state index contributed by atoms with van der Waals surface area (Å²) < 4.78 is 31.9. The molecule has 25 heavy (non-hydrogen) atoms. The topological polar surface area (TPSA) is 116 Å². The van der Waals surface area contributed by atoms with Crippen molar-refractivity contribution in [1.29, 1.82) is 0 Å². The minimum Gasteiger partial charge on any atom is -0.449 e. The normalized spacial score (nSPS) is 12.2. The van der Waals surface area contributed by atoms with Crippen molar-refractivity contribution in [3.63, 3.8) is 0 Å². The molecule has 0 saturated heterocycles. The third kappa shape index (κ3) is 4.94. The molecule has 0 unspecified atom stereocenters. The van der Waals surface area contributed by atoms with Gasteiger partial charge in [0.05, 0.1) is 10.5 Å².